The Balaban J connectivity index is 2.22. The zero-order valence-electron chi connectivity index (χ0n) is 9.92. The normalized spacial score (nSPS) is 11.7. The monoisotopic (exact) mass is 321 g/mol. The number of alkyl halides is 3. The van der Waals surface area contributed by atoms with Crippen molar-refractivity contribution in [2.24, 2.45) is 0 Å². The highest BCUT2D eigenvalue weighted by Gasteiger charge is 2.39. The predicted molar refractivity (Wildman–Crippen MR) is 70.4 cm³/mol. The molecule has 0 fully saturated rings. The van der Waals surface area contributed by atoms with E-state index in [0.717, 1.165) is 12.3 Å². The third-order valence-corrected chi connectivity index (χ3v) is 3.51. The number of ketones is 1. The van der Waals surface area contributed by atoms with E-state index in [1.165, 1.54) is 10.8 Å². The van der Waals surface area contributed by atoms with Gasteiger partial charge in [0.2, 0.25) is 0 Å². The molecule has 0 aliphatic carbocycles. The number of Topliss-reactive ketones (excluding diaryl/α,β-unsaturated/α-hetero) is 1. The van der Waals surface area contributed by atoms with E-state index in [0.29, 0.717) is 15.6 Å². The lowest BCUT2D eigenvalue weighted by Gasteiger charge is -2.07. The summed E-state index contributed by atoms with van der Waals surface area (Å²) in [6.07, 6.45) is -2.36. The van der Waals surface area contributed by atoms with Crippen molar-refractivity contribution in [3.63, 3.8) is 0 Å². The molecule has 0 unspecified atom stereocenters. The fraction of sp³-hybridized carbons (Fsp3) is 0.154. The average Bonchev–Trinajstić information content (AvgIpc) is 2.81. The van der Waals surface area contributed by atoms with E-state index in [2.05, 4.69) is 0 Å². The van der Waals surface area contributed by atoms with Crippen LogP contribution in [0.2, 0.25) is 10.0 Å². The molecular weight excluding hydrogens is 314 g/mol. The maximum atomic E-state index is 12.3. The molecule has 0 atom stereocenters. The Morgan fingerprint density at radius 2 is 1.90 bits per heavy atom. The Kier molecular flexibility index (Phi) is 4.11. The zero-order chi connectivity index (χ0) is 14.9. The highest BCUT2D eigenvalue weighted by molar-refractivity contribution is 6.42. The van der Waals surface area contributed by atoms with Crippen LogP contribution in [0, 0.1) is 0 Å². The van der Waals surface area contributed by atoms with Crippen molar-refractivity contribution >= 4 is 29.0 Å². The van der Waals surface area contributed by atoms with Gasteiger partial charge in [-0.05, 0) is 17.7 Å². The van der Waals surface area contributed by atoms with Gasteiger partial charge in [0.05, 0.1) is 10.0 Å². The fourth-order valence-corrected chi connectivity index (χ4v) is 2.08. The maximum Gasteiger partial charge on any atom is 0.454 e. The maximum absolute atomic E-state index is 12.3. The molecule has 0 N–H and O–H groups in total. The lowest BCUT2D eigenvalue weighted by molar-refractivity contribution is -0.0885. The minimum Gasteiger partial charge on any atom is -0.349 e. The van der Waals surface area contributed by atoms with Crippen LogP contribution in [0.3, 0.4) is 0 Å². The molecule has 0 aliphatic heterocycles. The first-order valence-corrected chi connectivity index (χ1v) is 6.25. The molecule has 1 aromatic carbocycles. The second kappa shape index (κ2) is 5.50. The first-order chi connectivity index (χ1) is 9.29. The van der Waals surface area contributed by atoms with Crippen LogP contribution < -0.4 is 0 Å². The molecule has 20 heavy (non-hydrogen) atoms. The van der Waals surface area contributed by atoms with Crippen molar-refractivity contribution in [3.8, 4) is 0 Å². The smallest absolute Gasteiger partial charge is 0.349 e. The van der Waals surface area contributed by atoms with Crippen LogP contribution in [0.15, 0.2) is 36.7 Å². The van der Waals surface area contributed by atoms with Gasteiger partial charge in [-0.15, -0.1) is 0 Å². The lowest BCUT2D eigenvalue weighted by atomic mass is 10.2. The Morgan fingerprint density at radius 3 is 2.55 bits per heavy atom. The van der Waals surface area contributed by atoms with Gasteiger partial charge in [0, 0.05) is 24.5 Å². The molecule has 0 saturated carbocycles. The van der Waals surface area contributed by atoms with Crippen LogP contribution in [0.5, 0.6) is 0 Å². The van der Waals surface area contributed by atoms with Crippen molar-refractivity contribution in [2.45, 2.75) is 12.7 Å². The van der Waals surface area contributed by atoms with Crippen LogP contribution in [0.4, 0.5) is 13.2 Å². The molecule has 0 saturated heterocycles. The van der Waals surface area contributed by atoms with Gasteiger partial charge < -0.3 is 4.57 Å². The van der Waals surface area contributed by atoms with Crippen LogP contribution in [-0.2, 0) is 6.54 Å². The summed E-state index contributed by atoms with van der Waals surface area (Å²) in [5.41, 5.74) is 0.247. The molecular formula is C13H8Cl2F3NO. The van der Waals surface area contributed by atoms with E-state index in [1.54, 1.807) is 18.2 Å². The molecule has 2 nitrogen and oxygen atoms in total. The molecule has 0 radical (unpaired) electrons. The number of benzene rings is 1. The number of halogens is 5. The summed E-state index contributed by atoms with van der Waals surface area (Å²) in [6, 6.07) is 6.13. The van der Waals surface area contributed by atoms with Gasteiger partial charge >= 0.3 is 6.18 Å². The van der Waals surface area contributed by atoms with E-state index in [1.807, 2.05) is 0 Å². The standard InChI is InChI=1S/C13H8Cl2F3NO/c14-10-3-1-2-8(11(10)15)6-19-5-4-9(7-19)12(20)13(16,17)18/h1-5,7H,6H2. The first-order valence-electron chi connectivity index (χ1n) is 5.49. The summed E-state index contributed by atoms with van der Waals surface area (Å²) >= 11 is 11.8. The van der Waals surface area contributed by atoms with Gasteiger partial charge in [-0.1, -0.05) is 35.3 Å². The van der Waals surface area contributed by atoms with Gasteiger partial charge in [-0.3, -0.25) is 4.79 Å². The topological polar surface area (TPSA) is 22.0 Å². The molecule has 1 aromatic heterocycles. The van der Waals surface area contributed by atoms with Gasteiger partial charge in [0.25, 0.3) is 5.78 Å². The molecule has 0 bridgehead atoms. The van der Waals surface area contributed by atoms with E-state index < -0.39 is 17.5 Å². The minimum absolute atomic E-state index is 0.227. The lowest BCUT2D eigenvalue weighted by Crippen LogP contribution is -2.22. The van der Waals surface area contributed by atoms with Crippen molar-refractivity contribution in [1.29, 1.82) is 0 Å². The molecule has 2 rings (SSSR count). The van der Waals surface area contributed by atoms with Gasteiger partial charge in [-0.2, -0.15) is 13.2 Å². The Labute approximate surface area is 122 Å². The summed E-state index contributed by atoms with van der Waals surface area (Å²) in [4.78, 5) is 11.1. The third-order valence-electron chi connectivity index (χ3n) is 2.65. The number of aromatic nitrogens is 1. The third kappa shape index (κ3) is 3.16. The van der Waals surface area contributed by atoms with E-state index >= 15 is 0 Å². The Bertz CT molecular complexity index is 649. The van der Waals surface area contributed by atoms with Gasteiger partial charge in [0.15, 0.2) is 0 Å². The van der Waals surface area contributed by atoms with Crippen LogP contribution in [0.25, 0.3) is 0 Å². The molecule has 0 amide bonds. The molecule has 2 aromatic rings. The number of hydrogen-bond acceptors (Lipinski definition) is 1. The van der Waals surface area contributed by atoms with E-state index in [9.17, 15) is 18.0 Å². The zero-order valence-corrected chi connectivity index (χ0v) is 11.4. The number of carbonyl (C=O) groups is 1. The van der Waals surface area contributed by atoms with Crippen molar-refractivity contribution < 1.29 is 18.0 Å². The van der Waals surface area contributed by atoms with Crippen LogP contribution in [-0.4, -0.2) is 16.5 Å². The van der Waals surface area contributed by atoms with E-state index in [4.69, 9.17) is 23.2 Å². The Hall–Kier alpha value is -1.46. The Morgan fingerprint density at radius 1 is 1.20 bits per heavy atom. The fourth-order valence-electron chi connectivity index (χ4n) is 1.70. The van der Waals surface area contributed by atoms with Crippen LogP contribution in [0.1, 0.15) is 15.9 Å². The minimum atomic E-state index is -4.88. The average molecular weight is 322 g/mol. The molecule has 7 heteroatoms. The van der Waals surface area contributed by atoms with Gasteiger partial charge in [0.1, 0.15) is 0 Å². The largest absolute Gasteiger partial charge is 0.454 e. The second-order valence-electron chi connectivity index (χ2n) is 4.11. The molecule has 106 valence electrons. The number of carbonyl (C=O) groups excluding carboxylic acids is 1. The summed E-state index contributed by atoms with van der Waals surface area (Å²) in [5, 5.41) is 0.703. The number of rotatable bonds is 3. The predicted octanol–water partition coefficient (Wildman–Crippen LogP) is 4.59. The highest BCUT2D eigenvalue weighted by atomic mass is 35.5. The van der Waals surface area contributed by atoms with E-state index in [-0.39, 0.29) is 6.54 Å². The molecule has 0 aliphatic rings. The van der Waals surface area contributed by atoms with Crippen LogP contribution >= 0.6 is 23.2 Å². The summed E-state index contributed by atoms with van der Waals surface area (Å²) in [7, 11) is 0. The van der Waals surface area contributed by atoms with Crippen molar-refractivity contribution in [3.05, 3.63) is 57.8 Å². The highest BCUT2D eigenvalue weighted by Crippen LogP contribution is 2.27. The number of nitrogens with zero attached hydrogens (tertiary/aromatic N) is 1. The van der Waals surface area contributed by atoms with Crippen molar-refractivity contribution in [2.75, 3.05) is 0 Å². The second-order valence-corrected chi connectivity index (χ2v) is 4.90. The van der Waals surface area contributed by atoms with Crippen molar-refractivity contribution in [1.82, 2.24) is 4.57 Å². The molecule has 0 spiro atoms. The molecule has 1 heterocycles. The first kappa shape index (κ1) is 14.9. The van der Waals surface area contributed by atoms with Gasteiger partial charge in [-0.25, -0.2) is 0 Å². The summed E-state index contributed by atoms with van der Waals surface area (Å²) in [6.45, 7) is 0.227. The quantitative estimate of drug-likeness (QED) is 0.758. The summed E-state index contributed by atoms with van der Waals surface area (Å²) < 4.78 is 38.3. The summed E-state index contributed by atoms with van der Waals surface area (Å²) in [5.74, 6) is -1.87. The SMILES string of the molecule is O=C(c1ccn(Cc2cccc(Cl)c2Cl)c1)C(F)(F)F. The number of hydrogen-bond donors (Lipinski definition) is 0.